The van der Waals surface area contributed by atoms with Gasteiger partial charge in [0.15, 0.2) is 6.29 Å². The maximum Gasteiger partial charge on any atom is 0.220 e. The fraction of sp³-hybridized carbons (Fsp3) is 0.698. The Bertz CT molecular complexity index is 1490. The number of aliphatic hydroxyl groups excluding tert-OH is 5. The van der Waals surface area contributed by atoms with Crippen molar-refractivity contribution in [3.8, 4) is 0 Å². The van der Waals surface area contributed by atoms with E-state index >= 15 is 0 Å². The molecule has 0 aromatic carbocycles. The summed E-state index contributed by atoms with van der Waals surface area (Å²) < 4.78 is 11.3. The molecule has 1 heterocycles. The molecule has 1 saturated heterocycles. The molecule has 0 saturated carbocycles. The molecule has 0 radical (unpaired) electrons. The SMILES string of the molecule is CC/C=C\C/C=C\C/C=C\C/C=C\C/C=C\C/C=C\C/C=C\C/C=C\C/C=C\CCCCCCCC(=O)NC(COC1OC(CO)C(O)C(O)C1O)C(O)CCCCCCCCCCCCCCCCCC. The van der Waals surface area contributed by atoms with Crippen molar-refractivity contribution < 1.29 is 39.8 Å². The zero-order valence-corrected chi connectivity index (χ0v) is 45.6. The molecule has 1 fully saturated rings. The van der Waals surface area contributed by atoms with Crippen LogP contribution in [0.15, 0.2) is 109 Å². The smallest absolute Gasteiger partial charge is 0.220 e. The second-order valence-corrected chi connectivity index (χ2v) is 19.7. The first-order valence-electron chi connectivity index (χ1n) is 29.1. The first-order chi connectivity index (χ1) is 35.3. The third-order valence-corrected chi connectivity index (χ3v) is 13.1. The minimum absolute atomic E-state index is 0.152. The van der Waals surface area contributed by atoms with Crippen LogP contribution in [-0.2, 0) is 14.3 Å². The van der Waals surface area contributed by atoms with Crippen molar-refractivity contribution in [3.63, 3.8) is 0 Å². The Hall–Kier alpha value is -3.15. The van der Waals surface area contributed by atoms with E-state index in [0.717, 1.165) is 116 Å². The van der Waals surface area contributed by atoms with Gasteiger partial charge in [0.25, 0.3) is 0 Å². The van der Waals surface area contributed by atoms with Crippen LogP contribution in [0.5, 0.6) is 0 Å². The highest BCUT2D eigenvalue weighted by Crippen LogP contribution is 2.23. The van der Waals surface area contributed by atoms with Crippen molar-refractivity contribution in [2.45, 2.75) is 269 Å². The number of amides is 1. The molecule has 0 aliphatic carbocycles. The summed E-state index contributed by atoms with van der Waals surface area (Å²) in [5.74, 6) is -0.167. The predicted octanol–water partition coefficient (Wildman–Crippen LogP) is 14.6. The van der Waals surface area contributed by atoms with E-state index in [2.05, 4.69) is 129 Å². The summed E-state index contributed by atoms with van der Waals surface area (Å²) in [6.07, 6.45) is 68.2. The highest BCUT2D eigenvalue weighted by atomic mass is 16.7. The topological polar surface area (TPSA) is 149 Å². The maximum atomic E-state index is 13.1. The quantitative estimate of drug-likeness (QED) is 0.0261. The number of aliphatic hydroxyl groups is 5. The average Bonchev–Trinajstić information content (AvgIpc) is 3.38. The van der Waals surface area contributed by atoms with E-state index in [1.807, 2.05) is 0 Å². The van der Waals surface area contributed by atoms with Crippen molar-refractivity contribution in [3.05, 3.63) is 109 Å². The molecule has 0 aromatic heterocycles. The lowest BCUT2D eigenvalue weighted by molar-refractivity contribution is -0.302. The molecule has 0 bridgehead atoms. The molecule has 412 valence electrons. The van der Waals surface area contributed by atoms with Crippen LogP contribution in [0.3, 0.4) is 0 Å². The highest BCUT2D eigenvalue weighted by molar-refractivity contribution is 5.76. The van der Waals surface area contributed by atoms with E-state index in [-0.39, 0.29) is 12.5 Å². The van der Waals surface area contributed by atoms with E-state index in [0.29, 0.717) is 12.8 Å². The summed E-state index contributed by atoms with van der Waals surface area (Å²) in [6.45, 7) is 3.71. The Morgan fingerprint density at radius 1 is 0.486 bits per heavy atom. The van der Waals surface area contributed by atoms with Gasteiger partial charge < -0.3 is 40.3 Å². The van der Waals surface area contributed by atoms with Gasteiger partial charge in [-0.25, -0.2) is 0 Å². The van der Waals surface area contributed by atoms with Crippen LogP contribution in [0, 0.1) is 0 Å². The van der Waals surface area contributed by atoms with E-state index in [9.17, 15) is 30.3 Å². The maximum absolute atomic E-state index is 13.1. The number of ether oxygens (including phenoxy) is 2. The fourth-order valence-electron chi connectivity index (χ4n) is 8.56. The predicted molar refractivity (Wildman–Crippen MR) is 304 cm³/mol. The molecule has 1 aliphatic rings. The average molecular weight is 1010 g/mol. The molecule has 1 amide bonds. The Balaban J connectivity index is 2.23. The van der Waals surface area contributed by atoms with Crippen molar-refractivity contribution >= 4 is 5.91 Å². The van der Waals surface area contributed by atoms with Gasteiger partial charge >= 0.3 is 0 Å². The van der Waals surface area contributed by atoms with Crippen LogP contribution in [0.25, 0.3) is 0 Å². The molecular weight excluding hydrogens is 899 g/mol. The van der Waals surface area contributed by atoms with Gasteiger partial charge in [-0.2, -0.15) is 0 Å². The summed E-state index contributed by atoms with van der Waals surface area (Å²) in [7, 11) is 0. The highest BCUT2D eigenvalue weighted by Gasteiger charge is 2.44. The van der Waals surface area contributed by atoms with Crippen LogP contribution in [0.1, 0.15) is 226 Å². The zero-order chi connectivity index (χ0) is 52.2. The standard InChI is InChI=1S/C63H107NO8/c1-3-5-7-9-11-13-15-17-19-21-22-23-24-25-26-27-28-29-30-31-32-33-34-35-36-37-39-41-43-45-47-49-51-53-59(67)64-56(55-71-63-62(70)61(69)60(68)58(54-65)72-63)57(66)52-50-48-46-44-42-40-38-20-18-16-14-12-10-8-6-4-2/h5,7,11,13,17,19,22-23,25-26,28-29,31-32,34-35,37,39,56-58,60-63,65-66,68-70H,3-4,6,8-10,12,14-16,18,20-21,24,27,30,33,36,38,40-55H2,1-2H3,(H,64,67)/b7-5-,13-11-,19-17-,23-22-,26-25-,29-28-,32-31-,35-34-,39-37-. The number of rotatable bonds is 48. The number of allylic oxidation sites excluding steroid dienone is 18. The minimum atomic E-state index is -1.56. The summed E-state index contributed by atoms with van der Waals surface area (Å²) >= 11 is 0. The molecule has 72 heavy (non-hydrogen) atoms. The van der Waals surface area contributed by atoms with Gasteiger partial charge in [0.2, 0.25) is 5.91 Å². The molecule has 9 nitrogen and oxygen atoms in total. The number of carbonyl (C=O) groups excluding carboxylic acids is 1. The molecule has 0 spiro atoms. The molecule has 6 N–H and O–H groups in total. The lowest BCUT2D eigenvalue weighted by atomic mass is 9.99. The van der Waals surface area contributed by atoms with Gasteiger partial charge in [-0.15, -0.1) is 0 Å². The Morgan fingerprint density at radius 3 is 1.28 bits per heavy atom. The minimum Gasteiger partial charge on any atom is -0.394 e. The lowest BCUT2D eigenvalue weighted by Crippen LogP contribution is -2.60. The van der Waals surface area contributed by atoms with Gasteiger partial charge in [-0.05, 0) is 83.5 Å². The normalized spacial score (nSPS) is 20.0. The molecule has 9 heteroatoms. The van der Waals surface area contributed by atoms with Crippen LogP contribution >= 0.6 is 0 Å². The van der Waals surface area contributed by atoms with Gasteiger partial charge in [0.05, 0.1) is 25.4 Å². The van der Waals surface area contributed by atoms with Gasteiger partial charge in [-0.3, -0.25) is 4.79 Å². The van der Waals surface area contributed by atoms with Crippen molar-refractivity contribution in [1.82, 2.24) is 5.32 Å². The molecule has 1 rings (SSSR count). The largest absolute Gasteiger partial charge is 0.394 e. The Morgan fingerprint density at radius 2 is 0.861 bits per heavy atom. The van der Waals surface area contributed by atoms with Crippen LogP contribution in [0.4, 0.5) is 0 Å². The molecule has 1 aliphatic heterocycles. The summed E-state index contributed by atoms with van der Waals surface area (Å²) in [4.78, 5) is 13.1. The number of nitrogens with one attached hydrogen (secondary N) is 1. The number of unbranched alkanes of at least 4 members (excludes halogenated alkanes) is 20. The zero-order valence-electron chi connectivity index (χ0n) is 45.6. The second kappa shape index (κ2) is 51.3. The van der Waals surface area contributed by atoms with Crippen LogP contribution in [0.2, 0.25) is 0 Å². The van der Waals surface area contributed by atoms with E-state index in [1.54, 1.807) is 0 Å². The van der Waals surface area contributed by atoms with Gasteiger partial charge in [0.1, 0.15) is 24.4 Å². The van der Waals surface area contributed by atoms with E-state index in [1.165, 1.54) is 83.5 Å². The van der Waals surface area contributed by atoms with E-state index in [4.69, 9.17) is 9.47 Å². The Labute approximate surface area is 440 Å². The third-order valence-electron chi connectivity index (χ3n) is 13.1. The van der Waals surface area contributed by atoms with Gasteiger partial charge in [0, 0.05) is 6.42 Å². The first kappa shape index (κ1) is 66.9. The van der Waals surface area contributed by atoms with Crippen molar-refractivity contribution in [2.24, 2.45) is 0 Å². The summed E-state index contributed by atoms with van der Waals surface area (Å²) in [6, 6.07) is -0.738. The van der Waals surface area contributed by atoms with Gasteiger partial charge in [-0.1, -0.05) is 245 Å². The Kier molecular flexibility index (Phi) is 47.7. The summed E-state index contributed by atoms with van der Waals surface area (Å²) in [5, 5.41) is 54.6. The summed E-state index contributed by atoms with van der Waals surface area (Å²) in [5.41, 5.74) is 0. The molecule has 0 aromatic rings. The lowest BCUT2D eigenvalue weighted by Gasteiger charge is -2.40. The molecular formula is C63H107NO8. The van der Waals surface area contributed by atoms with Crippen molar-refractivity contribution in [2.75, 3.05) is 13.2 Å². The molecule has 7 unspecified atom stereocenters. The number of hydrogen-bond acceptors (Lipinski definition) is 8. The first-order valence-corrected chi connectivity index (χ1v) is 29.1. The molecule has 7 atom stereocenters. The second-order valence-electron chi connectivity index (χ2n) is 19.7. The van der Waals surface area contributed by atoms with Crippen molar-refractivity contribution in [1.29, 1.82) is 0 Å². The number of carbonyl (C=O) groups is 1. The van der Waals surface area contributed by atoms with E-state index < -0.39 is 49.5 Å². The number of hydrogen-bond donors (Lipinski definition) is 6. The fourth-order valence-corrected chi connectivity index (χ4v) is 8.56. The van der Waals surface area contributed by atoms with Crippen LogP contribution in [-0.4, -0.2) is 87.5 Å². The van der Waals surface area contributed by atoms with Crippen LogP contribution < -0.4 is 5.32 Å². The third kappa shape index (κ3) is 40.3. The monoisotopic (exact) mass is 1010 g/mol.